The molecule has 1 amide bonds. The van der Waals surface area contributed by atoms with E-state index in [0.717, 1.165) is 19.3 Å². The Bertz CT molecular complexity index is 148. The second kappa shape index (κ2) is 6.89. The van der Waals surface area contributed by atoms with Crippen LogP contribution in [0.25, 0.3) is 0 Å². The molecule has 0 saturated carbocycles. The lowest BCUT2D eigenvalue weighted by molar-refractivity contribution is -0.125. The number of hydrogen-bond donors (Lipinski definition) is 2. The van der Waals surface area contributed by atoms with Crippen LogP contribution in [0.1, 0.15) is 40.0 Å². The lowest BCUT2D eigenvalue weighted by Gasteiger charge is -2.15. The van der Waals surface area contributed by atoms with Crippen LogP contribution < -0.4 is 11.1 Å². The minimum atomic E-state index is 0.0950. The molecule has 0 fully saturated rings. The monoisotopic (exact) mass is 186 g/mol. The van der Waals surface area contributed by atoms with E-state index in [-0.39, 0.29) is 17.9 Å². The van der Waals surface area contributed by atoms with Gasteiger partial charge in [-0.05, 0) is 32.7 Å². The maximum atomic E-state index is 11.5. The van der Waals surface area contributed by atoms with Gasteiger partial charge in [-0.15, -0.1) is 0 Å². The van der Waals surface area contributed by atoms with Crippen LogP contribution in [-0.4, -0.2) is 18.5 Å². The van der Waals surface area contributed by atoms with Crippen molar-refractivity contribution in [1.29, 1.82) is 0 Å². The molecular formula is C10H22N2O. The summed E-state index contributed by atoms with van der Waals surface area (Å²) >= 11 is 0. The zero-order valence-corrected chi connectivity index (χ0v) is 8.97. The van der Waals surface area contributed by atoms with Crippen molar-refractivity contribution >= 4 is 5.91 Å². The van der Waals surface area contributed by atoms with E-state index in [1.54, 1.807) is 0 Å². The summed E-state index contributed by atoms with van der Waals surface area (Å²) < 4.78 is 0. The Morgan fingerprint density at radius 2 is 2.08 bits per heavy atom. The van der Waals surface area contributed by atoms with Crippen LogP contribution in [-0.2, 0) is 4.79 Å². The van der Waals surface area contributed by atoms with Crippen molar-refractivity contribution in [3.05, 3.63) is 0 Å². The first-order valence-electron chi connectivity index (χ1n) is 5.12. The number of nitrogens with two attached hydrogens (primary N) is 1. The number of carbonyl (C=O) groups is 1. The molecule has 0 aliphatic carbocycles. The van der Waals surface area contributed by atoms with Gasteiger partial charge in [0.15, 0.2) is 0 Å². The van der Waals surface area contributed by atoms with Crippen LogP contribution in [0.5, 0.6) is 0 Å². The summed E-state index contributed by atoms with van der Waals surface area (Å²) in [5, 5.41) is 2.96. The minimum Gasteiger partial charge on any atom is -0.353 e. The highest BCUT2D eigenvalue weighted by Gasteiger charge is 2.13. The van der Waals surface area contributed by atoms with Gasteiger partial charge in [-0.25, -0.2) is 0 Å². The number of nitrogens with one attached hydrogen (secondary N) is 1. The predicted molar refractivity (Wildman–Crippen MR) is 55.3 cm³/mol. The maximum absolute atomic E-state index is 11.5. The highest BCUT2D eigenvalue weighted by molar-refractivity contribution is 5.78. The van der Waals surface area contributed by atoms with Crippen molar-refractivity contribution < 1.29 is 4.79 Å². The lowest BCUT2D eigenvalue weighted by Crippen LogP contribution is -2.36. The molecule has 0 aliphatic heterocycles. The first-order chi connectivity index (χ1) is 6.11. The van der Waals surface area contributed by atoms with E-state index in [0.29, 0.717) is 6.54 Å². The molecule has 0 heterocycles. The van der Waals surface area contributed by atoms with E-state index in [4.69, 9.17) is 5.73 Å². The third-order valence-corrected chi connectivity index (χ3v) is 2.29. The summed E-state index contributed by atoms with van der Waals surface area (Å²) in [7, 11) is 0. The summed E-state index contributed by atoms with van der Waals surface area (Å²) in [5.41, 5.74) is 5.37. The topological polar surface area (TPSA) is 55.1 Å². The van der Waals surface area contributed by atoms with E-state index < -0.39 is 0 Å². The largest absolute Gasteiger partial charge is 0.353 e. The van der Waals surface area contributed by atoms with Gasteiger partial charge in [0.05, 0.1) is 0 Å². The molecule has 3 nitrogen and oxygen atoms in total. The highest BCUT2D eigenvalue weighted by Crippen LogP contribution is 2.05. The van der Waals surface area contributed by atoms with Crippen LogP contribution in [0.2, 0.25) is 0 Å². The standard InChI is InChI=1S/C10H22N2O/c1-4-9(3)12-10(13)8(2)6-5-7-11/h8-9H,4-7,11H2,1-3H3,(H,12,13). The Balaban J connectivity index is 3.68. The number of carbonyl (C=O) groups excluding carboxylic acids is 1. The zero-order chi connectivity index (χ0) is 10.3. The van der Waals surface area contributed by atoms with E-state index in [1.807, 2.05) is 13.8 Å². The van der Waals surface area contributed by atoms with Gasteiger partial charge in [-0.2, -0.15) is 0 Å². The fourth-order valence-corrected chi connectivity index (χ4v) is 1.04. The van der Waals surface area contributed by atoms with Crippen LogP contribution in [0.3, 0.4) is 0 Å². The Kier molecular flexibility index (Phi) is 6.59. The molecular weight excluding hydrogens is 164 g/mol. The van der Waals surface area contributed by atoms with Gasteiger partial charge in [0.2, 0.25) is 5.91 Å². The molecule has 0 rings (SSSR count). The molecule has 2 atom stereocenters. The number of hydrogen-bond acceptors (Lipinski definition) is 2. The van der Waals surface area contributed by atoms with Crippen molar-refractivity contribution in [2.75, 3.05) is 6.54 Å². The fourth-order valence-electron chi connectivity index (χ4n) is 1.04. The van der Waals surface area contributed by atoms with Crippen LogP contribution in [0, 0.1) is 5.92 Å². The number of rotatable bonds is 6. The second-order valence-electron chi connectivity index (χ2n) is 3.65. The normalized spacial score (nSPS) is 15.1. The average Bonchev–Trinajstić information content (AvgIpc) is 2.13. The van der Waals surface area contributed by atoms with E-state index in [2.05, 4.69) is 12.2 Å². The van der Waals surface area contributed by atoms with E-state index >= 15 is 0 Å². The maximum Gasteiger partial charge on any atom is 0.223 e. The lowest BCUT2D eigenvalue weighted by atomic mass is 10.0. The Morgan fingerprint density at radius 1 is 1.46 bits per heavy atom. The summed E-state index contributed by atoms with van der Waals surface area (Å²) in [5.74, 6) is 0.250. The van der Waals surface area contributed by atoms with Crippen molar-refractivity contribution in [2.24, 2.45) is 11.7 Å². The van der Waals surface area contributed by atoms with Gasteiger partial charge in [0.1, 0.15) is 0 Å². The van der Waals surface area contributed by atoms with Gasteiger partial charge >= 0.3 is 0 Å². The van der Waals surface area contributed by atoms with Gasteiger partial charge in [0.25, 0.3) is 0 Å². The SMILES string of the molecule is CCC(C)NC(=O)C(C)CCCN. The van der Waals surface area contributed by atoms with Gasteiger partial charge in [0, 0.05) is 12.0 Å². The predicted octanol–water partition coefficient (Wildman–Crippen LogP) is 1.28. The Morgan fingerprint density at radius 3 is 2.54 bits per heavy atom. The molecule has 0 aromatic carbocycles. The summed E-state index contributed by atoms with van der Waals surface area (Å²) in [6.45, 7) is 6.71. The fraction of sp³-hybridized carbons (Fsp3) is 0.900. The molecule has 3 N–H and O–H groups in total. The Labute approximate surface area is 81.1 Å². The molecule has 3 heteroatoms. The van der Waals surface area contributed by atoms with Crippen molar-refractivity contribution in [2.45, 2.75) is 46.1 Å². The average molecular weight is 186 g/mol. The number of amides is 1. The van der Waals surface area contributed by atoms with Crippen molar-refractivity contribution in [3.63, 3.8) is 0 Å². The van der Waals surface area contributed by atoms with Crippen molar-refractivity contribution in [3.8, 4) is 0 Å². The minimum absolute atomic E-state index is 0.0950. The molecule has 78 valence electrons. The van der Waals surface area contributed by atoms with Gasteiger partial charge in [-0.3, -0.25) is 4.79 Å². The van der Waals surface area contributed by atoms with Crippen LogP contribution in [0.4, 0.5) is 0 Å². The molecule has 0 aromatic heterocycles. The molecule has 0 saturated heterocycles. The molecule has 0 aliphatic rings. The molecule has 0 radical (unpaired) electrons. The summed E-state index contributed by atoms with van der Waals surface area (Å²) in [6, 6.07) is 0.285. The van der Waals surface area contributed by atoms with E-state index in [1.165, 1.54) is 0 Å². The van der Waals surface area contributed by atoms with E-state index in [9.17, 15) is 4.79 Å². The quantitative estimate of drug-likeness (QED) is 0.656. The third kappa shape index (κ3) is 5.64. The highest BCUT2D eigenvalue weighted by atomic mass is 16.1. The van der Waals surface area contributed by atoms with Crippen molar-refractivity contribution in [1.82, 2.24) is 5.32 Å². The molecule has 13 heavy (non-hydrogen) atoms. The second-order valence-corrected chi connectivity index (χ2v) is 3.65. The molecule has 0 bridgehead atoms. The molecule has 0 aromatic rings. The van der Waals surface area contributed by atoms with Crippen LogP contribution >= 0.6 is 0 Å². The van der Waals surface area contributed by atoms with Gasteiger partial charge < -0.3 is 11.1 Å². The first kappa shape index (κ1) is 12.4. The summed E-state index contributed by atoms with van der Waals surface area (Å²) in [4.78, 5) is 11.5. The summed E-state index contributed by atoms with van der Waals surface area (Å²) in [6.07, 6.45) is 2.79. The molecule has 2 unspecified atom stereocenters. The first-order valence-corrected chi connectivity index (χ1v) is 5.12. The molecule has 0 spiro atoms. The van der Waals surface area contributed by atoms with Crippen LogP contribution in [0.15, 0.2) is 0 Å². The Hall–Kier alpha value is -0.570. The smallest absolute Gasteiger partial charge is 0.223 e. The van der Waals surface area contributed by atoms with Gasteiger partial charge in [-0.1, -0.05) is 13.8 Å². The zero-order valence-electron chi connectivity index (χ0n) is 8.97. The third-order valence-electron chi connectivity index (χ3n) is 2.29.